The SMILES string of the molecule is CCCCCCC/C=C\C/C=C\CCCCCCCCCCCCCCCCCCCC(=O)OCC(COP(=O)(O)OCC[N+](C)(C)C)OC(=O)CCCCCCCCCCCCCCCCCCC/C=C\C/C=C\CCCCCCC. The van der Waals surface area contributed by atoms with Crippen LogP contribution in [0, 0.1) is 0 Å². The molecule has 0 amide bonds. The van der Waals surface area contributed by atoms with Crippen molar-refractivity contribution < 1.29 is 42.1 Å². The number of likely N-dealkylation sites (N-methyl/N-ethyl adjacent to an activating group) is 1. The predicted molar refractivity (Wildman–Crippen MR) is 353 cm³/mol. The first-order valence-corrected chi connectivity index (χ1v) is 36.9. The summed E-state index contributed by atoms with van der Waals surface area (Å²) < 4.78 is 34.7. The molecule has 0 saturated heterocycles. The van der Waals surface area contributed by atoms with Crippen molar-refractivity contribution in [3.8, 4) is 0 Å². The van der Waals surface area contributed by atoms with E-state index in [1.807, 2.05) is 21.1 Å². The lowest BCUT2D eigenvalue weighted by atomic mass is 10.0. The average molecular weight is 1180 g/mol. The minimum Gasteiger partial charge on any atom is -0.462 e. The Morgan fingerprint density at radius 2 is 0.659 bits per heavy atom. The maximum absolute atomic E-state index is 12.9. The Balaban J connectivity index is 4.01. The van der Waals surface area contributed by atoms with Gasteiger partial charge in [-0.25, -0.2) is 4.57 Å². The largest absolute Gasteiger partial charge is 0.472 e. The zero-order valence-electron chi connectivity index (χ0n) is 55.0. The first-order valence-electron chi connectivity index (χ1n) is 35.4. The number of nitrogens with zero attached hydrogens (tertiary/aromatic N) is 1. The second-order valence-electron chi connectivity index (χ2n) is 25.3. The van der Waals surface area contributed by atoms with Crippen LogP contribution >= 0.6 is 7.82 Å². The van der Waals surface area contributed by atoms with Gasteiger partial charge in [-0.05, 0) is 77.0 Å². The molecule has 0 bridgehead atoms. The summed E-state index contributed by atoms with van der Waals surface area (Å²) >= 11 is 0. The highest BCUT2D eigenvalue weighted by atomic mass is 31.2. The summed E-state index contributed by atoms with van der Waals surface area (Å²) in [5.74, 6) is -0.779. The number of esters is 2. The Labute approximate surface area is 509 Å². The monoisotopic (exact) mass is 1180 g/mol. The van der Waals surface area contributed by atoms with Gasteiger partial charge in [-0.15, -0.1) is 0 Å². The van der Waals surface area contributed by atoms with Crippen LogP contribution in [-0.4, -0.2) is 74.9 Å². The molecule has 0 aromatic heterocycles. The second-order valence-corrected chi connectivity index (χ2v) is 26.7. The van der Waals surface area contributed by atoms with Gasteiger partial charge in [-0.2, -0.15) is 0 Å². The number of hydrogen-bond donors (Lipinski definition) is 1. The van der Waals surface area contributed by atoms with E-state index < -0.39 is 26.5 Å². The molecule has 0 saturated carbocycles. The third-order valence-corrected chi connectivity index (χ3v) is 16.8. The minimum atomic E-state index is -4.39. The normalized spacial score (nSPS) is 13.4. The molecule has 0 aliphatic rings. The molecule has 0 aliphatic heterocycles. The number of quaternary nitrogens is 1. The van der Waals surface area contributed by atoms with Crippen LogP contribution in [0.2, 0.25) is 0 Å². The van der Waals surface area contributed by atoms with Crippen molar-refractivity contribution in [1.29, 1.82) is 0 Å². The van der Waals surface area contributed by atoms with Crippen LogP contribution in [0.25, 0.3) is 0 Å². The van der Waals surface area contributed by atoms with Gasteiger partial charge in [-0.1, -0.05) is 306 Å². The van der Waals surface area contributed by atoms with Gasteiger partial charge in [0.05, 0.1) is 27.7 Å². The summed E-state index contributed by atoms with van der Waals surface area (Å²) in [5.41, 5.74) is 0. The third kappa shape index (κ3) is 67.1. The molecule has 1 N–H and O–H groups in total. The van der Waals surface area contributed by atoms with Crippen LogP contribution in [0.1, 0.15) is 348 Å². The first kappa shape index (κ1) is 80.0. The van der Waals surface area contributed by atoms with Gasteiger partial charge >= 0.3 is 19.8 Å². The molecule has 0 spiro atoms. The summed E-state index contributed by atoms with van der Waals surface area (Å²) in [6.07, 6.45) is 82.2. The number of carbonyl (C=O) groups excluding carboxylic acids is 2. The smallest absolute Gasteiger partial charge is 0.462 e. The molecule has 10 heteroatoms. The summed E-state index contributed by atoms with van der Waals surface area (Å²) in [6, 6.07) is 0. The van der Waals surface area contributed by atoms with E-state index in [-0.39, 0.29) is 25.6 Å². The van der Waals surface area contributed by atoms with Crippen LogP contribution in [-0.2, 0) is 32.7 Å². The summed E-state index contributed by atoms with van der Waals surface area (Å²) in [6.45, 7) is 4.47. The van der Waals surface area contributed by atoms with Crippen molar-refractivity contribution in [2.24, 2.45) is 0 Å². The van der Waals surface area contributed by atoms with Crippen LogP contribution in [0.5, 0.6) is 0 Å². The molecule has 0 radical (unpaired) electrons. The summed E-state index contributed by atoms with van der Waals surface area (Å²) in [4.78, 5) is 35.9. The Morgan fingerprint density at radius 1 is 0.378 bits per heavy atom. The molecular formula is C72H137NO8P+. The van der Waals surface area contributed by atoms with Crippen molar-refractivity contribution >= 4 is 19.8 Å². The highest BCUT2D eigenvalue weighted by Crippen LogP contribution is 2.43. The number of unbranched alkanes of at least 4 members (excludes halogenated alkanes) is 44. The van der Waals surface area contributed by atoms with Gasteiger partial charge in [0.15, 0.2) is 6.10 Å². The van der Waals surface area contributed by atoms with E-state index in [4.69, 9.17) is 18.5 Å². The summed E-state index contributed by atoms with van der Waals surface area (Å²) in [5, 5.41) is 0. The molecule has 82 heavy (non-hydrogen) atoms. The molecule has 0 aliphatic carbocycles. The van der Waals surface area contributed by atoms with Crippen molar-refractivity contribution in [3.63, 3.8) is 0 Å². The van der Waals surface area contributed by atoms with Crippen LogP contribution in [0.3, 0.4) is 0 Å². The number of ether oxygens (including phenoxy) is 2. The lowest BCUT2D eigenvalue weighted by molar-refractivity contribution is -0.870. The predicted octanol–water partition coefficient (Wildman–Crippen LogP) is 22.8. The molecular weight excluding hydrogens is 1040 g/mol. The molecule has 0 heterocycles. The van der Waals surface area contributed by atoms with E-state index in [0.717, 1.165) is 44.9 Å². The van der Waals surface area contributed by atoms with Crippen molar-refractivity contribution in [2.75, 3.05) is 47.5 Å². The number of hydrogen-bond acceptors (Lipinski definition) is 7. The highest BCUT2D eigenvalue weighted by Gasteiger charge is 2.27. The molecule has 2 unspecified atom stereocenters. The zero-order valence-corrected chi connectivity index (χ0v) is 55.9. The van der Waals surface area contributed by atoms with Crippen molar-refractivity contribution in [2.45, 2.75) is 354 Å². The number of carbonyl (C=O) groups is 2. The number of phosphoric ester groups is 1. The molecule has 2 atom stereocenters. The topological polar surface area (TPSA) is 108 Å². The maximum Gasteiger partial charge on any atom is 0.472 e. The fourth-order valence-corrected chi connectivity index (χ4v) is 11.1. The molecule has 0 aromatic carbocycles. The second kappa shape index (κ2) is 63.5. The van der Waals surface area contributed by atoms with Crippen LogP contribution < -0.4 is 0 Å². The number of rotatable bonds is 66. The van der Waals surface area contributed by atoms with E-state index in [2.05, 4.69) is 62.5 Å². The minimum absolute atomic E-state index is 0.0334. The average Bonchev–Trinajstić information content (AvgIpc) is 3.44. The Kier molecular flexibility index (Phi) is 61.9. The Bertz CT molecular complexity index is 1520. The zero-order chi connectivity index (χ0) is 59.8. The third-order valence-electron chi connectivity index (χ3n) is 15.8. The van der Waals surface area contributed by atoms with E-state index in [1.54, 1.807) is 0 Å². The van der Waals surface area contributed by atoms with E-state index >= 15 is 0 Å². The van der Waals surface area contributed by atoms with E-state index in [9.17, 15) is 19.0 Å². The van der Waals surface area contributed by atoms with E-state index in [0.29, 0.717) is 23.9 Å². The summed E-state index contributed by atoms with van der Waals surface area (Å²) in [7, 11) is 1.49. The van der Waals surface area contributed by atoms with E-state index in [1.165, 1.54) is 270 Å². The first-order chi connectivity index (χ1) is 40.0. The standard InChI is InChI=1S/C72H136NO8P/c1-6-8-10-12-14-16-18-20-22-24-26-28-30-32-34-36-38-40-42-44-46-48-50-52-54-56-58-60-62-64-71(74)78-68-70(69-80-82(76,77)79-67-66-73(3,4)5)81-72(75)65-63-61-59-57-55-53-51-49-47-45-43-41-39-37-35-33-31-29-27-25-23-21-19-17-15-13-11-9-7-2/h18-21,24-27,70H,6-17,22-23,28-69H2,1-5H3/p+1/b20-18-,21-19-,26-24-,27-25-. The van der Waals surface area contributed by atoms with Gasteiger partial charge in [0.2, 0.25) is 0 Å². The maximum atomic E-state index is 12.9. The van der Waals surface area contributed by atoms with Crippen LogP contribution in [0.15, 0.2) is 48.6 Å². The fraction of sp³-hybridized carbons (Fsp3) is 0.861. The van der Waals surface area contributed by atoms with Crippen molar-refractivity contribution in [1.82, 2.24) is 0 Å². The van der Waals surface area contributed by atoms with Gasteiger partial charge in [-0.3, -0.25) is 18.6 Å². The molecule has 0 rings (SSSR count). The van der Waals surface area contributed by atoms with Gasteiger partial charge in [0, 0.05) is 12.8 Å². The fourth-order valence-electron chi connectivity index (χ4n) is 10.4. The van der Waals surface area contributed by atoms with Gasteiger partial charge in [0.25, 0.3) is 0 Å². The Morgan fingerprint density at radius 3 is 0.963 bits per heavy atom. The number of allylic oxidation sites excluding steroid dienone is 8. The molecule has 0 aromatic rings. The lowest BCUT2D eigenvalue weighted by Crippen LogP contribution is -2.37. The van der Waals surface area contributed by atoms with Gasteiger partial charge in [0.1, 0.15) is 19.8 Å². The lowest BCUT2D eigenvalue weighted by Gasteiger charge is -2.24. The molecule has 482 valence electrons. The molecule has 9 nitrogen and oxygen atoms in total. The Hall–Kier alpha value is -2.03. The van der Waals surface area contributed by atoms with Crippen molar-refractivity contribution in [3.05, 3.63) is 48.6 Å². The van der Waals surface area contributed by atoms with Crippen LogP contribution in [0.4, 0.5) is 0 Å². The highest BCUT2D eigenvalue weighted by molar-refractivity contribution is 7.47. The molecule has 0 fully saturated rings. The van der Waals surface area contributed by atoms with Gasteiger partial charge < -0.3 is 18.9 Å². The number of phosphoric acid groups is 1. The quantitative estimate of drug-likeness (QED) is 0.0211.